The number of rotatable bonds is 3. The zero-order valence-corrected chi connectivity index (χ0v) is 10.7. The van der Waals surface area contributed by atoms with Gasteiger partial charge in [0.1, 0.15) is 0 Å². The van der Waals surface area contributed by atoms with Crippen LogP contribution in [0, 0.1) is 12.8 Å². The van der Waals surface area contributed by atoms with Crippen LogP contribution >= 0.6 is 0 Å². The Balaban J connectivity index is 2.20. The van der Waals surface area contributed by atoms with Crippen LogP contribution in [0.1, 0.15) is 24.5 Å². The van der Waals surface area contributed by atoms with Crippen LogP contribution in [-0.2, 0) is 6.54 Å². The third-order valence-electron chi connectivity index (χ3n) is 3.71. The molecule has 3 heteroatoms. The van der Waals surface area contributed by atoms with Crippen LogP contribution < -0.4 is 10.6 Å². The maximum atomic E-state index is 9.65. The van der Waals surface area contributed by atoms with Gasteiger partial charge >= 0.3 is 0 Å². The number of nitrogens with two attached hydrogens (primary N) is 1. The smallest absolute Gasteiger partial charge is 0.0557 e. The first-order valence-electron chi connectivity index (χ1n) is 6.34. The van der Waals surface area contributed by atoms with Crippen LogP contribution in [-0.4, -0.2) is 24.3 Å². The topological polar surface area (TPSA) is 49.5 Å². The second kappa shape index (κ2) is 5.07. The van der Waals surface area contributed by atoms with E-state index in [0.717, 1.165) is 19.5 Å². The summed E-state index contributed by atoms with van der Waals surface area (Å²) in [6.07, 6.45) is 0.849. The Morgan fingerprint density at radius 1 is 1.53 bits per heavy atom. The molecule has 0 aromatic heterocycles. The molecule has 2 unspecified atom stereocenters. The van der Waals surface area contributed by atoms with Crippen molar-refractivity contribution in [1.82, 2.24) is 0 Å². The SMILES string of the molecule is Cc1ccc(CN)c(N2CCC(C(C)O)C2)c1. The Morgan fingerprint density at radius 3 is 2.88 bits per heavy atom. The molecule has 1 aromatic carbocycles. The van der Waals surface area contributed by atoms with Crippen molar-refractivity contribution in [2.45, 2.75) is 32.9 Å². The number of nitrogens with zero attached hydrogens (tertiary/aromatic N) is 1. The molecule has 1 aliphatic heterocycles. The minimum Gasteiger partial charge on any atom is -0.393 e. The van der Waals surface area contributed by atoms with Crippen molar-refractivity contribution in [2.75, 3.05) is 18.0 Å². The number of aliphatic hydroxyl groups excluding tert-OH is 1. The van der Waals surface area contributed by atoms with E-state index in [2.05, 4.69) is 30.0 Å². The molecule has 1 heterocycles. The van der Waals surface area contributed by atoms with E-state index in [1.807, 2.05) is 6.92 Å². The van der Waals surface area contributed by atoms with Crippen molar-refractivity contribution in [3.8, 4) is 0 Å². The molecule has 0 bridgehead atoms. The summed E-state index contributed by atoms with van der Waals surface area (Å²) in [7, 11) is 0. The van der Waals surface area contributed by atoms with Gasteiger partial charge in [0.05, 0.1) is 6.10 Å². The quantitative estimate of drug-likeness (QED) is 0.836. The summed E-state index contributed by atoms with van der Waals surface area (Å²) in [5.41, 5.74) is 9.49. The van der Waals surface area contributed by atoms with E-state index in [-0.39, 0.29) is 6.10 Å². The summed E-state index contributed by atoms with van der Waals surface area (Å²) in [5, 5.41) is 9.65. The van der Waals surface area contributed by atoms with Crippen molar-refractivity contribution in [1.29, 1.82) is 0 Å². The molecule has 0 saturated carbocycles. The number of hydrogen-bond donors (Lipinski definition) is 2. The van der Waals surface area contributed by atoms with Crippen LogP contribution in [0.15, 0.2) is 18.2 Å². The summed E-state index contributed by atoms with van der Waals surface area (Å²) in [4.78, 5) is 2.35. The molecule has 1 saturated heterocycles. The predicted octanol–water partition coefficient (Wildman–Crippen LogP) is 1.66. The van der Waals surface area contributed by atoms with E-state index < -0.39 is 0 Å². The summed E-state index contributed by atoms with van der Waals surface area (Å²) < 4.78 is 0. The number of benzene rings is 1. The van der Waals surface area contributed by atoms with Crippen molar-refractivity contribution in [3.05, 3.63) is 29.3 Å². The predicted molar refractivity (Wildman–Crippen MR) is 71.1 cm³/mol. The second-order valence-corrected chi connectivity index (χ2v) is 5.07. The van der Waals surface area contributed by atoms with E-state index in [1.54, 1.807) is 0 Å². The van der Waals surface area contributed by atoms with Gasteiger partial charge in [0.25, 0.3) is 0 Å². The lowest BCUT2D eigenvalue weighted by molar-refractivity contribution is 0.136. The molecule has 1 fully saturated rings. The van der Waals surface area contributed by atoms with Gasteiger partial charge in [-0.2, -0.15) is 0 Å². The number of anilines is 1. The maximum Gasteiger partial charge on any atom is 0.0557 e. The molecule has 0 amide bonds. The standard InChI is InChI=1S/C14H22N2O/c1-10-3-4-12(8-15)14(7-10)16-6-5-13(9-16)11(2)17/h3-4,7,11,13,17H,5-6,8-9,15H2,1-2H3. The summed E-state index contributed by atoms with van der Waals surface area (Å²) in [5.74, 6) is 0.390. The van der Waals surface area contributed by atoms with Gasteiger partial charge in [-0.1, -0.05) is 12.1 Å². The van der Waals surface area contributed by atoms with Crippen molar-refractivity contribution < 1.29 is 5.11 Å². The first kappa shape index (κ1) is 12.4. The molecule has 94 valence electrons. The molecule has 2 atom stereocenters. The highest BCUT2D eigenvalue weighted by Crippen LogP contribution is 2.29. The Kier molecular flexibility index (Phi) is 3.69. The van der Waals surface area contributed by atoms with Crippen LogP contribution in [0.25, 0.3) is 0 Å². The lowest BCUT2D eigenvalue weighted by atomic mass is 10.0. The monoisotopic (exact) mass is 234 g/mol. The maximum absolute atomic E-state index is 9.65. The molecular weight excluding hydrogens is 212 g/mol. The zero-order valence-electron chi connectivity index (χ0n) is 10.7. The van der Waals surface area contributed by atoms with Gasteiger partial charge in [-0.15, -0.1) is 0 Å². The van der Waals surface area contributed by atoms with Crippen LogP contribution in [0.2, 0.25) is 0 Å². The Bertz CT molecular complexity index is 390. The molecule has 1 aliphatic rings. The van der Waals surface area contributed by atoms with E-state index in [1.165, 1.54) is 16.8 Å². The normalized spacial score (nSPS) is 21.9. The highest BCUT2D eigenvalue weighted by atomic mass is 16.3. The van der Waals surface area contributed by atoms with Gasteiger partial charge in [-0.25, -0.2) is 0 Å². The Labute approximate surface area is 103 Å². The first-order chi connectivity index (χ1) is 8.11. The molecule has 3 nitrogen and oxygen atoms in total. The molecule has 1 aromatic rings. The largest absolute Gasteiger partial charge is 0.393 e. The lowest BCUT2D eigenvalue weighted by Gasteiger charge is -2.23. The average molecular weight is 234 g/mol. The Morgan fingerprint density at radius 2 is 2.29 bits per heavy atom. The lowest BCUT2D eigenvalue weighted by Crippen LogP contribution is -2.25. The minimum absolute atomic E-state index is 0.217. The summed E-state index contributed by atoms with van der Waals surface area (Å²) in [6, 6.07) is 6.42. The first-order valence-corrected chi connectivity index (χ1v) is 6.34. The van der Waals surface area contributed by atoms with Crippen LogP contribution in [0.4, 0.5) is 5.69 Å². The van der Waals surface area contributed by atoms with E-state index in [9.17, 15) is 5.11 Å². The number of aliphatic hydroxyl groups is 1. The van der Waals surface area contributed by atoms with Gasteiger partial charge in [-0.3, -0.25) is 0 Å². The highest BCUT2D eigenvalue weighted by molar-refractivity contribution is 5.56. The van der Waals surface area contributed by atoms with Crippen LogP contribution in [0.3, 0.4) is 0 Å². The highest BCUT2D eigenvalue weighted by Gasteiger charge is 2.27. The fourth-order valence-electron chi connectivity index (χ4n) is 2.54. The molecule has 3 N–H and O–H groups in total. The summed E-state index contributed by atoms with van der Waals surface area (Å²) in [6.45, 7) is 6.52. The average Bonchev–Trinajstić information content (AvgIpc) is 2.78. The van der Waals surface area contributed by atoms with E-state index in [4.69, 9.17) is 5.73 Å². The zero-order chi connectivity index (χ0) is 12.4. The van der Waals surface area contributed by atoms with Crippen molar-refractivity contribution in [3.63, 3.8) is 0 Å². The fraction of sp³-hybridized carbons (Fsp3) is 0.571. The van der Waals surface area contributed by atoms with Gasteiger partial charge < -0.3 is 15.7 Å². The van der Waals surface area contributed by atoms with E-state index in [0.29, 0.717) is 12.5 Å². The van der Waals surface area contributed by atoms with Crippen LogP contribution in [0.5, 0.6) is 0 Å². The van der Waals surface area contributed by atoms with Gasteiger partial charge in [0.2, 0.25) is 0 Å². The third-order valence-corrected chi connectivity index (χ3v) is 3.71. The minimum atomic E-state index is -0.217. The third kappa shape index (κ3) is 2.61. The molecule has 17 heavy (non-hydrogen) atoms. The van der Waals surface area contributed by atoms with Crippen molar-refractivity contribution in [2.24, 2.45) is 11.7 Å². The van der Waals surface area contributed by atoms with Gasteiger partial charge in [0.15, 0.2) is 0 Å². The van der Waals surface area contributed by atoms with E-state index >= 15 is 0 Å². The molecular formula is C14H22N2O. The van der Waals surface area contributed by atoms with Crippen molar-refractivity contribution >= 4 is 5.69 Å². The fourth-order valence-corrected chi connectivity index (χ4v) is 2.54. The number of aryl methyl sites for hydroxylation is 1. The molecule has 0 spiro atoms. The second-order valence-electron chi connectivity index (χ2n) is 5.07. The number of hydrogen-bond acceptors (Lipinski definition) is 3. The van der Waals surface area contributed by atoms with Gasteiger partial charge in [0, 0.05) is 31.2 Å². The molecule has 0 radical (unpaired) electrons. The summed E-state index contributed by atoms with van der Waals surface area (Å²) >= 11 is 0. The van der Waals surface area contributed by atoms with Gasteiger partial charge in [-0.05, 0) is 37.5 Å². The molecule has 0 aliphatic carbocycles. The molecule has 2 rings (SSSR count). The Hall–Kier alpha value is -1.06.